The average Bonchev–Trinajstić information content (AvgIpc) is 3.12. The molecule has 6 N–H and O–H groups in total. The molecule has 0 spiro atoms. The molecule has 1 aliphatic carbocycles. The molecule has 6 atom stereocenters. The van der Waals surface area contributed by atoms with Crippen molar-refractivity contribution >= 4 is 13.8 Å². The number of hydrogen-bond donors (Lipinski definition) is 6. The Bertz CT molecular complexity index is 1050. The van der Waals surface area contributed by atoms with E-state index < -0.39 is 63.1 Å². The molecule has 1 aliphatic rings. The van der Waals surface area contributed by atoms with Crippen LogP contribution in [-0.4, -0.2) is 98.9 Å². The van der Waals surface area contributed by atoms with E-state index in [9.17, 15) is 39.8 Å². The monoisotopic (exact) mass is 760 g/mol. The van der Waals surface area contributed by atoms with E-state index in [0.29, 0.717) is 13.0 Å². The Hall–Kier alpha value is -1.70. The van der Waals surface area contributed by atoms with Crippen LogP contribution < -0.4 is 0 Å². The summed E-state index contributed by atoms with van der Waals surface area (Å²) in [6.45, 7) is 4.01. The van der Waals surface area contributed by atoms with Gasteiger partial charge in [-0.15, -0.1) is 0 Å². The zero-order chi connectivity index (χ0) is 38.5. The number of hydrogen-bond acceptors (Lipinski definition) is 11. The molecule has 0 aliphatic heterocycles. The molecule has 1 fully saturated rings. The first-order chi connectivity index (χ1) is 25.0. The summed E-state index contributed by atoms with van der Waals surface area (Å²) in [6.07, 6.45) is 22.2. The third kappa shape index (κ3) is 23.2. The molecule has 0 amide bonds. The fraction of sp³-hybridized carbons (Fsp3) is 0.769. The number of rotatable bonds is 31. The van der Waals surface area contributed by atoms with Gasteiger partial charge >= 0.3 is 13.8 Å². The molecule has 0 aromatic rings. The number of aliphatic hydroxyl groups is 5. The number of esters is 1. The lowest BCUT2D eigenvalue weighted by Gasteiger charge is -2.41. The summed E-state index contributed by atoms with van der Waals surface area (Å²) in [5, 5.41) is 49.9. The minimum atomic E-state index is -5.01. The van der Waals surface area contributed by atoms with Crippen LogP contribution in [0.25, 0.3) is 0 Å². The standard InChI is InChI=1S/C39H69O12P/c1-3-5-7-9-11-12-13-14-15-16-17-18-19-20-21-23-25-27-29-48-30-32(50-33(40)28-26-24-22-10-8-6-4-2)31-49-52(46,47)51-39-37(44)35(42)34(41)36(43)38(39)45/h5,7,11-12,14-15,17-18,32,34-39,41-45H,3-4,6,8-10,13,16,19-31H2,1-2H3,(H,46,47)/b7-5-,12-11-,15-14-,18-17-. The first-order valence-corrected chi connectivity index (χ1v) is 21.0. The van der Waals surface area contributed by atoms with Crippen LogP contribution in [-0.2, 0) is 27.9 Å². The van der Waals surface area contributed by atoms with E-state index in [1.807, 2.05) is 0 Å². The second-order valence-electron chi connectivity index (χ2n) is 13.4. The van der Waals surface area contributed by atoms with E-state index >= 15 is 0 Å². The number of unbranched alkanes of at least 4 members (excludes halogenated alkanes) is 11. The molecule has 1 rings (SSSR count). The van der Waals surface area contributed by atoms with E-state index in [4.69, 9.17) is 18.5 Å². The minimum Gasteiger partial charge on any atom is -0.457 e. The van der Waals surface area contributed by atoms with Crippen LogP contribution in [0.4, 0.5) is 0 Å². The van der Waals surface area contributed by atoms with Gasteiger partial charge in [-0.1, -0.05) is 120 Å². The first-order valence-electron chi connectivity index (χ1n) is 19.5. The second kappa shape index (κ2) is 30.6. The fourth-order valence-corrected chi connectivity index (χ4v) is 6.55. The lowest BCUT2D eigenvalue weighted by atomic mass is 9.85. The molecule has 0 bridgehead atoms. The van der Waals surface area contributed by atoms with Gasteiger partial charge in [-0.2, -0.15) is 0 Å². The van der Waals surface area contributed by atoms with Gasteiger partial charge in [0.2, 0.25) is 0 Å². The van der Waals surface area contributed by atoms with Crippen molar-refractivity contribution in [2.75, 3.05) is 19.8 Å². The zero-order valence-electron chi connectivity index (χ0n) is 31.6. The van der Waals surface area contributed by atoms with E-state index in [1.165, 1.54) is 12.8 Å². The zero-order valence-corrected chi connectivity index (χ0v) is 32.5. The van der Waals surface area contributed by atoms with E-state index in [2.05, 4.69) is 62.5 Å². The predicted molar refractivity (Wildman–Crippen MR) is 202 cm³/mol. The normalized spacial score (nSPS) is 24.4. The Kier molecular flexibility index (Phi) is 28.4. The van der Waals surface area contributed by atoms with Crippen LogP contribution in [0.3, 0.4) is 0 Å². The Morgan fingerprint density at radius 3 is 1.73 bits per heavy atom. The van der Waals surface area contributed by atoms with Crippen LogP contribution in [0.2, 0.25) is 0 Å². The van der Waals surface area contributed by atoms with Gasteiger partial charge in [-0.05, 0) is 51.4 Å². The third-order valence-electron chi connectivity index (χ3n) is 8.72. The topological polar surface area (TPSA) is 192 Å². The van der Waals surface area contributed by atoms with Gasteiger partial charge < -0.3 is 39.9 Å². The van der Waals surface area contributed by atoms with E-state index in [1.54, 1.807) is 0 Å². The van der Waals surface area contributed by atoms with Crippen molar-refractivity contribution in [3.63, 3.8) is 0 Å². The van der Waals surface area contributed by atoms with Crippen LogP contribution in [0.1, 0.15) is 129 Å². The molecule has 1 saturated carbocycles. The number of carbonyl (C=O) groups is 1. The highest BCUT2D eigenvalue weighted by atomic mass is 31.2. The molecular formula is C39H69O12P. The quantitative estimate of drug-likeness (QED) is 0.0194. The molecule has 0 aromatic carbocycles. The second-order valence-corrected chi connectivity index (χ2v) is 14.8. The van der Waals surface area contributed by atoms with Gasteiger partial charge in [0.15, 0.2) is 0 Å². The maximum absolute atomic E-state index is 12.7. The van der Waals surface area contributed by atoms with Crippen LogP contribution in [0, 0.1) is 0 Å². The summed E-state index contributed by atoms with van der Waals surface area (Å²) in [5.41, 5.74) is 0. The maximum atomic E-state index is 12.7. The summed E-state index contributed by atoms with van der Waals surface area (Å²) in [6, 6.07) is 0. The third-order valence-corrected chi connectivity index (χ3v) is 9.70. The van der Waals surface area contributed by atoms with Crippen molar-refractivity contribution in [3.05, 3.63) is 48.6 Å². The molecule has 12 nitrogen and oxygen atoms in total. The molecule has 13 heteroatoms. The number of carbonyl (C=O) groups excluding carboxylic acids is 1. The van der Waals surface area contributed by atoms with Gasteiger partial charge in [-0.3, -0.25) is 13.8 Å². The van der Waals surface area contributed by atoms with Crippen molar-refractivity contribution in [1.82, 2.24) is 0 Å². The number of aliphatic hydroxyl groups excluding tert-OH is 5. The van der Waals surface area contributed by atoms with Gasteiger partial charge in [0.25, 0.3) is 0 Å². The number of ether oxygens (including phenoxy) is 2. The predicted octanol–water partition coefficient (Wildman–Crippen LogP) is 6.52. The SMILES string of the molecule is CC/C=C\C/C=C\C/C=C\C/C=C\CCCCCCCOCC(COP(=O)(O)OC1C(O)C(O)C(O)C(O)C1O)OC(=O)CCCCCCCCC. The highest BCUT2D eigenvalue weighted by Gasteiger charge is 2.51. The molecule has 0 saturated heterocycles. The maximum Gasteiger partial charge on any atom is 0.472 e. The van der Waals surface area contributed by atoms with Gasteiger partial charge in [0.1, 0.15) is 42.7 Å². The number of phosphoric acid groups is 1. The molecule has 0 heterocycles. The van der Waals surface area contributed by atoms with Crippen LogP contribution in [0.5, 0.6) is 0 Å². The first kappa shape index (κ1) is 48.3. The summed E-state index contributed by atoms with van der Waals surface area (Å²) >= 11 is 0. The molecule has 302 valence electrons. The van der Waals surface area contributed by atoms with Crippen molar-refractivity contribution in [2.24, 2.45) is 0 Å². The smallest absolute Gasteiger partial charge is 0.457 e. The number of allylic oxidation sites excluding steroid dienone is 8. The lowest BCUT2D eigenvalue weighted by Crippen LogP contribution is -2.64. The Labute approximate surface area is 312 Å². The van der Waals surface area contributed by atoms with Crippen LogP contribution >= 0.6 is 7.82 Å². The largest absolute Gasteiger partial charge is 0.472 e. The highest BCUT2D eigenvalue weighted by Crippen LogP contribution is 2.47. The molecular weight excluding hydrogens is 691 g/mol. The summed E-state index contributed by atoms with van der Waals surface area (Å²) < 4.78 is 33.9. The van der Waals surface area contributed by atoms with Crippen molar-refractivity contribution in [1.29, 1.82) is 0 Å². The Morgan fingerprint density at radius 1 is 0.635 bits per heavy atom. The summed E-state index contributed by atoms with van der Waals surface area (Å²) in [5.74, 6) is -0.494. The van der Waals surface area contributed by atoms with Gasteiger partial charge in [0, 0.05) is 13.0 Å². The van der Waals surface area contributed by atoms with Gasteiger partial charge in [-0.25, -0.2) is 4.57 Å². The minimum absolute atomic E-state index is 0.0904. The van der Waals surface area contributed by atoms with E-state index in [-0.39, 0.29) is 13.0 Å². The lowest BCUT2D eigenvalue weighted by molar-refractivity contribution is -0.220. The Morgan fingerprint density at radius 2 is 1.13 bits per heavy atom. The molecule has 6 unspecified atom stereocenters. The van der Waals surface area contributed by atoms with Crippen molar-refractivity contribution in [2.45, 2.75) is 172 Å². The van der Waals surface area contributed by atoms with Crippen molar-refractivity contribution < 1.29 is 58.3 Å². The summed E-state index contributed by atoms with van der Waals surface area (Å²) in [7, 11) is -5.01. The highest BCUT2D eigenvalue weighted by molar-refractivity contribution is 7.47. The summed E-state index contributed by atoms with van der Waals surface area (Å²) in [4.78, 5) is 22.9. The average molecular weight is 761 g/mol. The molecule has 0 radical (unpaired) electrons. The van der Waals surface area contributed by atoms with Gasteiger partial charge in [0.05, 0.1) is 13.2 Å². The molecule has 0 aromatic heterocycles. The van der Waals surface area contributed by atoms with Crippen molar-refractivity contribution in [3.8, 4) is 0 Å². The Balaban J connectivity index is 2.42. The van der Waals surface area contributed by atoms with E-state index in [0.717, 1.165) is 89.9 Å². The van der Waals surface area contributed by atoms with Crippen LogP contribution in [0.15, 0.2) is 48.6 Å². The number of phosphoric ester groups is 1. The fourth-order valence-electron chi connectivity index (χ4n) is 5.58. The molecule has 52 heavy (non-hydrogen) atoms.